The van der Waals surface area contributed by atoms with Crippen molar-refractivity contribution in [3.05, 3.63) is 35.9 Å². The van der Waals surface area contributed by atoms with Gasteiger partial charge in [0.1, 0.15) is 0 Å². The average molecular weight is 284 g/mol. The Morgan fingerprint density at radius 2 is 1.92 bits per heavy atom. The van der Waals surface area contributed by atoms with Crippen LogP contribution in [-0.4, -0.2) is 11.1 Å². The van der Waals surface area contributed by atoms with E-state index in [1.807, 2.05) is 30.3 Å². The van der Waals surface area contributed by atoms with Crippen LogP contribution < -0.4 is 68.9 Å². The van der Waals surface area contributed by atoms with Gasteiger partial charge in [0.05, 0.1) is 5.92 Å². The Morgan fingerprint density at radius 3 is 2.33 bits per heavy atom. The first-order valence-electron chi connectivity index (χ1n) is 3.49. The fraction of sp³-hybridized carbons (Fsp3) is 0.222. The summed E-state index contributed by atoms with van der Waals surface area (Å²) in [5.74, 6) is -1.19. The van der Waals surface area contributed by atoms with Crippen molar-refractivity contribution in [2.45, 2.75) is 12.8 Å². The van der Waals surface area contributed by atoms with Crippen molar-refractivity contribution in [2.24, 2.45) is 0 Å². The molecule has 3 heteroatoms. The maximum atomic E-state index is 10.5. The molecule has 0 aliphatic carbocycles. The molecule has 60 valence electrons. The van der Waals surface area contributed by atoms with E-state index in [-0.39, 0.29) is 70.3 Å². The van der Waals surface area contributed by atoms with Gasteiger partial charge in [0.2, 0.25) is 0 Å². The average Bonchev–Trinajstić information content (AvgIpc) is 2.05. The smallest absolute Gasteiger partial charge is 1.00 e. The van der Waals surface area contributed by atoms with E-state index in [4.69, 9.17) is 5.11 Å². The molecule has 0 amide bonds. The maximum Gasteiger partial charge on any atom is 1.00 e. The Labute approximate surface area is 132 Å². The number of hydrogen-bond donors (Lipinski definition) is 1. The van der Waals surface area contributed by atoms with Gasteiger partial charge in [-0.05, 0) is 12.5 Å². The van der Waals surface area contributed by atoms with Crippen LogP contribution in [0, 0.1) is 0 Å². The van der Waals surface area contributed by atoms with E-state index in [2.05, 4.69) is 0 Å². The molecule has 0 heterocycles. The van der Waals surface area contributed by atoms with Crippen LogP contribution in [0.3, 0.4) is 0 Å². The van der Waals surface area contributed by atoms with Gasteiger partial charge in [-0.2, -0.15) is 0 Å². The SMILES string of the molecule is CC(C(=O)O)c1ccccc1.[Cs+].[H-]. The van der Waals surface area contributed by atoms with Gasteiger partial charge >= 0.3 is 74.9 Å². The predicted molar refractivity (Wildman–Crippen MR) is 43.6 cm³/mol. The van der Waals surface area contributed by atoms with Crippen molar-refractivity contribution in [2.75, 3.05) is 0 Å². The van der Waals surface area contributed by atoms with Gasteiger partial charge in [-0.15, -0.1) is 0 Å². The number of benzene rings is 1. The van der Waals surface area contributed by atoms with Crippen LogP contribution in [0.25, 0.3) is 0 Å². The zero-order valence-corrected chi connectivity index (χ0v) is 13.6. The van der Waals surface area contributed by atoms with Gasteiger partial charge in [-0.25, -0.2) is 0 Å². The van der Waals surface area contributed by atoms with Crippen molar-refractivity contribution in [1.29, 1.82) is 0 Å². The minimum atomic E-state index is -0.781. The topological polar surface area (TPSA) is 37.3 Å². The van der Waals surface area contributed by atoms with Crippen molar-refractivity contribution < 1.29 is 80.2 Å². The number of carboxylic acids is 1. The first-order chi connectivity index (χ1) is 5.22. The van der Waals surface area contributed by atoms with Gasteiger partial charge in [0, 0.05) is 0 Å². The molecule has 0 aromatic heterocycles. The molecule has 0 spiro atoms. The molecule has 1 aromatic rings. The summed E-state index contributed by atoms with van der Waals surface area (Å²) in [6, 6.07) is 9.19. The Morgan fingerprint density at radius 1 is 1.42 bits per heavy atom. The van der Waals surface area contributed by atoms with Crippen molar-refractivity contribution in [1.82, 2.24) is 0 Å². The maximum absolute atomic E-state index is 10.5. The molecule has 0 aliphatic rings. The van der Waals surface area contributed by atoms with Gasteiger partial charge in [0.15, 0.2) is 0 Å². The normalized spacial score (nSPS) is 11.4. The molecule has 0 bridgehead atoms. The van der Waals surface area contributed by atoms with Crippen molar-refractivity contribution in [3.63, 3.8) is 0 Å². The number of hydrogen-bond acceptors (Lipinski definition) is 1. The predicted octanol–water partition coefficient (Wildman–Crippen LogP) is -1.01. The molecule has 0 radical (unpaired) electrons. The van der Waals surface area contributed by atoms with Crippen LogP contribution in [0.1, 0.15) is 19.8 Å². The van der Waals surface area contributed by atoms with Gasteiger partial charge < -0.3 is 6.53 Å². The number of carbonyl (C=O) groups is 1. The Hall–Kier alpha value is 0.742. The Balaban J connectivity index is 0. The monoisotopic (exact) mass is 284 g/mol. The van der Waals surface area contributed by atoms with Crippen LogP contribution in [-0.2, 0) is 4.79 Å². The number of rotatable bonds is 2. The summed E-state index contributed by atoms with van der Waals surface area (Å²) >= 11 is 0. The summed E-state index contributed by atoms with van der Waals surface area (Å²) in [4.78, 5) is 10.5. The second-order valence-corrected chi connectivity index (χ2v) is 2.47. The van der Waals surface area contributed by atoms with Crippen molar-refractivity contribution in [3.8, 4) is 0 Å². The standard InChI is InChI=1S/C9H10O2.Cs.H/c1-7(9(10)11)8-5-3-2-4-6-8;;/h2-7H,1H3,(H,10,11);;/q;+1;-1. The zero-order chi connectivity index (χ0) is 8.27. The first kappa shape index (κ1) is 12.7. The number of carboxylic acid groups (broad SMARTS) is 1. The van der Waals surface area contributed by atoms with E-state index >= 15 is 0 Å². The third-order valence-corrected chi connectivity index (χ3v) is 1.67. The largest absolute Gasteiger partial charge is 1.00 e. The third-order valence-electron chi connectivity index (χ3n) is 1.67. The molecular formula is C9H11CsO2. The quantitative estimate of drug-likeness (QED) is 0.756. The number of aliphatic carboxylic acids is 1. The molecule has 0 aliphatic heterocycles. The Kier molecular flexibility index (Phi) is 6.62. The summed E-state index contributed by atoms with van der Waals surface area (Å²) in [6.07, 6.45) is 0. The second kappa shape index (κ2) is 6.23. The molecule has 0 saturated heterocycles. The molecular weight excluding hydrogens is 273 g/mol. The fourth-order valence-electron chi connectivity index (χ4n) is 0.884. The minimum absolute atomic E-state index is 0. The molecule has 0 fully saturated rings. The molecule has 1 atom stereocenters. The van der Waals surface area contributed by atoms with Gasteiger partial charge in [0.25, 0.3) is 0 Å². The second-order valence-electron chi connectivity index (χ2n) is 2.47. The van der Waals surface area contributed by atoms with Crippen LogP contribution in [0.5, 0.6) is 0 Å². The van der Waals surface area contributed by atoms with Gasteiger partial charge in [-0.3, -0.25) is 4.79 Å². The van der Waals surface area contributed by atoms with Crippen LogP contribution in [0.4, 0.5) is 0 Å². The van der Waals surface area contributed by atoms with Crippen LogP contribution in [0.2, 0.25) is 0 Å². The summed E-state index contributed by atoms with van der Waals surface area (Å²) in [7, 11) is 0. The minimum Gasteiger partial charge on any atom is -1.00 e. The molecule has 1 aromatic carbocycles. The third kappa shape index (κ3) is 3.64. The molecule has 0 saturated carbocycles. The molecule has 2 nitrogen and oxygen atoms in total. The van der Waals surface area contributed by atoms with E-state index in [0.29, 0.717) is 0 Å². The Bertz CT molecular complexity index is 251. The van der Waals surface area contributed by atoms with E-state index < -0.39 is 11.9 Å². The van der Waals surface area contributed by atoms with Gasteiger partial charge in [-0.1, -0.05) is 30.3 Å². The fourth-order valence-corrected chi connectivity index (χ4v) is 0.884. The molecule has 1 N–H and O–H groups in total. The van der Waals surface area contributed by atoms with Crippen LogP contribution in [0.15, 0.2) is 30.3 Å². The van der Waals surface area contributed by atoms with E-state index in [1.54, 1.807) is 6.92 Å². The van der Waals surface area contributed by atoms with Crippen molar-refractivity contribution >= 4 is 5.97 Å². The zero-order valence-electron chi connectivity index (χ0n) is 8.32. The molecule has 1 unspecified atom stereocenters. The molecule has 12 heavy (non-hydrogen) atoms. The van der Waals surface area contributed by atoms with Crippen LogP contribution >= 0.6 is 0 Å². The first-order valence-corrected chi connectivity index (χ1v) is 3.49. The summed E-state index contributed by atoms with van der Waals surface area (Å²) in [5, 5.41) is 8.64. The van der Waals surface area contributed by atoms with E-state index in [9.17, 15) is 4.79 Å². The van der Waals surface area contributed by atoms with E-state index in [0.717, 1.165) is 5.56 Å². The molecule has 1 rings (SSSR count). The van der Waals surface area contributed by atoms with E-state index in [1.165, 1.54) is 0 Å². The summed E-state index contributed by atoms with van der Waals surface area (Å²) < 4.78 is 0. The summed E-state index contributed by atoms with van der Waals surface area (Å²) in [6.45, 7) is 1.68. The summed E-state index contributed by atoms with van der Waals surface area (Å²) in [5.41, 5.74) is 0.847.